The van der Waals surface area contributed by atoms with Crippen molar-refractivity contribution in [3.05, 3.63) is 17.5 Å². The monoisotopic (exact) mass is 166 g/mol. The van der Waals surface area contributed by atoms with E-state index in [-0.39, 0.29) is 0 Å². The fourth-order valence-corrected chi connectivity index (χ4v) is 1.10. The Morgan fingerprint density at radius 1 is 1.58 bits per heavy atom. The first-order chi connectivity index (χ1) is 5.77. The Balaban J connectivity index is 2.94. The summed E-state index contributed by atoms with van der Waals surface area (Å²) in [6.07, 6.45) is 2.67. The molecule has 0 amide bonds. The van der Waals surface area contributed by atoms with E-state index < -0.39 is 0 Å². The highest BCUT2D eigenvalue weighted by Crippen LogP contribution is 2.06. The van der Waals surface area contributed by atoms with Crippen LogP contribution in [0.4, 0.5) is 5.95 Å². The molecule has 0 unspecified atom stereocenters. The molecule has 66 valence electrons. The second-order valence-electron chi connectivity index (χ2n) is 2.58. The molecule has 1 heterocycles. The average molecular weight is 166 g/mol. The van der Waals surface area contributed by atoms with Gasteiger partial charge in [0.05, 0.1) is 5.69 Å². The van der Waals surface area contributed by atoms with Gasteiger partial charge in [-0.05, 0) is 13.5 Å². The number of nitrogens with zero attached hydrogens (tertiary/aromatic N) is 2. The highest BCUT2D eigenvalue weighted by Gasteiger charge is 2.01. The van der Waals surface area contributed by atoms with Crippen LogP contribution in [0.3, 0.4) is 0 Å². The molecule has 0 atom stereocenters. The number of aryl methyl sites for hydroxylation is 1. The third-order valence-corrected chi connectivity index (χ3v) is 1.67. The molecule has 0 aliphatic rings. The molecule has 1 aromatic rings. The van der Waals surface area contributed by atoms with Crippen molar-refractivity contribution < 1.29 is 0 Å². The molecule has 0 spiro atoms. The summed E-state index contributed by atoms with van der Waals surface area (Å²) in [7, 11) is 1.90. The molecular weight excluding hydrogens is 152 g/mol. The first-order valence-electron chi connectivity index (χ1n) is 4.02. The van der Waals surface area contributed by atoms with Crippen LogP contribution in [0.2, 0.25) is 0 Å². The van der Waals surface area contributed by atoms with E-state index >= 15 is 0 Å². The Labute approximate surface area is 72.2 Å². The fraction of sp³-hybridized carbons (Fsp3) is 0.500. The standard InChI is InChI=1S/C8H14N4/c1-3-7-6(4-10-2)5-11-8(9)12-7/h5,10H,3-4H2,1-2H3,(H2,9,11,12). The Morgan fingerprint density at radius 2 is 2.33 bits per heavy atom. The van der Waals surface area contributed by atoms with E-state index in [1.165, 1.54) is 0 Å². The maximum Gasteiger partial charge on any atom is 0.220 e. The fourth-order valence-electron chi connectivity index (χ4n) is 1.10. The number of aromatic nitrogens is 2. The van der Waals surface area contributed by atoms with Crippen LogP contribution in [0.1, 0.15) is 18.2 Å². The lowest BCUT2D eigenvalue weighted by Gasteiger charge is -2.05. The highest BCUT2D eigenvalue weighted by molar-refractivity contribution is 5.24. The largest absolute Gasteiger partial charge is 0.368 e. The van der Waals surface area contributed by atoms with E-state index in [0.717, 1.165) is 24.2 Å². The van der Waals surface area contributed by atoms with Crippen LogP contribution in [-0.4, -0.2) is 17.0 Å². The zero-order valence-corrected chi connectivity index (χ0v) is 7.46. The van der Waals surface area contributed by atoms with Crippen molar-refractivity contribution >= 4 is 5.95 Å². The summed E-state index contributed by atoms with van der Waals surface area (Å²) in [6.45, 7) is 2.85. The van der Waals surface area contributed by atoms with Crippen LogP contribution in [0, 0.1) is 0 Å². The molecule has 1 rings (SSSR count). The van der Waals surface area contributed by atoms with Gasteiger partial charge in [0.15, 0.2) is 0 Å². The Bertz CT molecular complexity index is 259. The number of hydrogen-bond donors (Lipinski definition) is 2. The molecule has 0 saturated carbocycles. The van der Waals surface area contributed by atoms with Gasteiger partial charge in [0.2, 0.25) is 5.95 Å². The number of hydrogen-bond acceptors (Lipinski definition) is 4. The molecule has 3 N–H and O–H groups in total. The van der Waals surface area contributed by atoms with Crippen molar-refractivity contribution in [2.45, 2.75) is 19.9 Å². The summed E-state index contributed by atoms with van der Waals surface area (Å²) >= 11 is 0. The normalized spacial score (nSPS) is 10.2. The molecule has 0 aliphatic heterocycles. The molecule has 4 heteroatoms. The van der Waals surface area contributed by atoms with Gasteiger partial charge in [-0.15, -0.1) is 0 Å². The van der Waals surface area contributed by atoms with Gasteiger partial charge >= 0.3 is 0 Å². The lowest BCUT2D eigenvalue weighted by Crippen LogP contribution is -2.10. The van der Waals surface area contributed by atoms with Gasteiger partial charge in [0.25, 0.3) is 0 Å². The Hall–Kier alpha value is -1.16. The first kappa shape index (κ1) is 8.93. The topological polar surface area (TPSA) is 63.8 Å². The predicted molar refractivity (Wildman–Crippen MR) is 48.6 cm³/mol. The molecule has 0 bridgehead atoms. The number of nitrogen functional groups attached to an aromatic ring is 1. The summed E-state index contributed by atoms with van der Waals surface area (Å²) in [5, 5.41) is 3.06. The van der Waals surface area contributed by atoms with Gasteiger partial charge in [-0.3, -0.25) is 0 Å². The molecule has 0 saturated heterocycles. The van der Waals surface area contributed by atoms with E-state index in [0.29, 0.717) is 5.95 Å². The van der Waals surface area contributed by atoms with Crippen molar-refractivity contribution in [1.82, 2.24) is 15.3 Å². The molecule has 1 aromatic heterocycles. The van der Waals surface area contributed by atoms with E-state index in [4.69, 9.17) is 5.73 Å². The smallest absolute Gasteiger partial charge is 0.220 e. The van der Waals surface area contributed by atoms with Crippen molar-refractivity contribution in [2.24, 2.45) is 0 Å². The quantitative estimate of drug-likeness (QED) is 0.679. The number of anilines is 1. The van der Waals surface area contributed by atoms with E-state index in [1.807, 2.05) is 7.05 Å². The van der Waals surface area contributed by atoms with Gasteiger partial charge in [-0.1, -0.05) is 6.92 Å². The Kier molecular flexibility index (Phi) is 2.99. The number of rotatable bonds is 3. The second-order valence-corrected chi connectivity index (χ2v) is 2.58. The predicted octanol–water partition coefficient (Wildman–Crippen LogP) is 0.341. The zero-order chi connectivity index (χ0) is 8.97. The summed E-state index contributed by atoms with van der Waals surface area (Å²) < 4.78 is 0. The average Bonchev–Trinajstić information content (AvgIpc) is 2.08. The van der Waals surface area contributed by atoms with Gasteiger partial charge in [-0.2, -0.15) is 0 Å². The maximum atomic E-state index is 5.46. The second kappa shape index (κ2) is 4.01. The lowest BCUT2D eigenvalue weighted by atomic mass is 10.2. The van der Waals surface area contributed by atoms with Gasteiger partial charge < -0.3 is 11.1 Å². The van der Waals surface area contributed by atoms with Crippen molar-refractivity contribution in [1.29, 1.82) is 0 Å². The molecule has 0 radical (unpaired) electrons. The van der Waals surface area contributed by atoms with Gasteiger partial charge in [0, 0.05) is 18.3 Å². The van der Waals surface area contributed by atoms with E-state index in [9.17, 15) is 0 Å². The van der Waals surface area contributed by atoms with Crippen molar-refractivity contribution in [3.63, 3.8) is 0 Å². The first-order valence-corrected chi connectivity index (χ1v) is 4.02. The summed E-state index contributed by atoms with van der Waals surface area (Å²) in [5.41, 5.74) is 7.60. The number of nitrogens with one attached hydrogen (secondary N) is 1. The lowest BCUT2D eigenvalue weighted by molar-refractivity contribution is 0.787. The van der Waals surface area contributed by atoms with Crippen LogP contribution in [0.25, 0.3) is 0 Å². The molecular formula is C8H14N4. The van der Waals surface area contributed by atoms with Crippen LogP contribution in [0.15, 0.2) is 6.20 Å². The van der Waals surface area contributed by atoms with Crippen molar-refractivity contribution in [3.8, 4) is 0 Å². The summed E-state index contributed by atoms with van der Waals surface area (Å²) in [5.74, 6) is 0.353. The Morgan fingerprint density at radius 3 is 2.92 bits per heavy atom. The molecule has 4 nitrogen and oxygen atoms in total. The van der Waals surface area contributed by atoms with Crippen LogP contribution >= 0.6 is 0 Å². The highest BCUT2D eigenvalue weighted by atomic mass is 15.0. The number of nitrogens with two attached hydrogens (primary N) is 1. The van der Waals surface area contributed by atoms with Crippen molar-refractivity contribution in [2.75, 3.05) is 12.8 Å². The van der Waals surface area contributed by atoms with Crippen LogP contribution in [-0.2, 0) is 13.0 Å². The van der Waals surface area contributed by atoms with Crippen LogP contribution in [0.5, 0.6) is 0 Å². The minimum atomic E-state index is 0.353. The third kappa shape index (κ3) is 1.92. The van der Waals surface area contributed by atoms with E-state index in [1.54, 1.807) is 6.20 Å². The minimum Gasteiger partial charge on any atom is -0.368 e. The SMILES string of the molecule is CCc1nc(N)ncc1CNC. The summed E-state index contributed by atoms with van der Waals surface area (Å²) in [4.78, 5) is 8.07. The molecule has 12 heavy (non-hydrogen) atoms. The maximum absolute atomic E-state index is 5.46. The van der Waals surface area contributed by atoms with Gasteiger partial charge in [-0.25, -0.2) is 9.97 Å². The minimum absolute atomic E-state index is 0.353. The zero-order valence-electron chi connectivity index (χ0n) is 7.46. The molecule has 0 fully saturated rings. The third-order valence-electron chi connectivity index (χ3n) is 1.67. The van der Waals surface area contributed by atoms with Crippen LogP contribution < -0.4 is 11.1 Å². The van der Waals surface area contributed by atoms with Gasteiger partial charge in [0.1, 0.15) is 0 Å². The molecule has 0 aromatic carbocycles. The summed E-state index contributed by atoms with van der Waals surface area (Å²) in [6, 6.07) is 0. The van der Waals surface area contributed by atoms with E-state index in [2.05, 4.69) is 22.2 Å². The molecule has 0 aliphatic carbocycles.